The molecular formula is C14H14O4. The quantitative estimate of drug-likeness (QED) is 0.874. The van der Waals surface area contributed by atoms with Gasteiger partial charge in [-0.2, -0.15) is 0 Å². The molecule has 2 aromatic rings. The Kier molecular flexibility index (Phi) is 3.28. The van der Waals surface area contributed by atoms with Gasteiger partial charge in [-0.25, -0.2) is 0 Å². The molecule has 0 fully saturated rings. The Balaban J connectivity index is 2.48. The number of ether oxygens (including phenoxy) is 2. The predicted molar refractivity (Wildman–Crippen MR) is 68.3 cm³/mol. The molecule has 0 radical (unpaired) electrons. The third-order valence-electron chi connectivity index (χ3n) is 2.70. The van der Waals surface area contributed by atoms with Gasteiger partial charge in [0.1, 0.15) is 11.5 Å². The highest BCUT2D eigenvalue weighted by atomic mass is 16.5. The molecule has 0 atom stereocenters. The Morgan fingerprint density at radius 1 is 0.833 bits per heavy atom. The van der Waals surface area contributed by atoms with Gasteiger partial charge in [-0.15, -0.1) is 0 Å². The average molecular weight is 246 g/mol. The molecule has 2 rings (SSSR count). The molecule has 4 heteroatoms. The van der Waals surface area contributed by atoms with E-state index < -0.39 is 0 Å². The molecule has 4 nitrogen and oxygen atoms in total. The van der Waals surface area contributed by atoms with Crippen molar-refractivity contribution in [3.63, 3.8) is 0 Å². The van der Waals surface area contributed by atoms with Crippen molar-refractivity contribution in [2.45, 2.75) is 0 Å². The Hall–Kier alpha value is -2.36. The third kappa shape index (κ3) is 2.18. The lowest BCUT2D eigenvalue weighted by atomic mass is 10.0. The Morgan fingerprint density at radius 3 is 2.22 bits per heavy atom. The van der Waals surface area contributed by atoms with Crippen molar-refractivity contribution in [2.75, 3.05) is 14.2 Å². The summed E-state index contributed by atoms with van der Waals surface area (Å²) in [6.45, 7) is 0. The van der Waals surface area contributed by atoms with Gasteiger partial charge in [0.05, 0.1) is 14.2 Å². The van der Waals surface area contributed by atoms with Crippen LogP contribution in [0.3, 0.4) is 0 Å². The van der Waals surface area contributed by atoms with Crippen LogP contribution in [0.15, 0.2) is 36.4 Å². The van der Waals surface area contributed by atoms with Crippen LogP contribution in [0, 0.1) is 0 Å². The molecule has 0 aliphatic rings. The molecule has 2 N–H and O–H groups in total. The van der Waals surface area contributed by atoms with E-state index >= 15 is 0 Å². The first-order chi connectivity index (χ1) is 8.65. The van der Waals surface area contributed by atoms with Crippen LogP contribution in [0.5, 0.6) is 23.0 Å². The molecule has 0 saturated carbocycles. The Labute approximate surface area is 105 Å². The molecule has 18 heavy (non-hydrogen) atoms. The molecule has 0 bridgehead atoms. The fourth-order valence-electron chi connectivity index (χ4n) is 1.73. The van der Waals surface area contributed by atoms with Crippen LogP contribution in [0.2, 0.25) is 0 Å². The highest BCUT2D eigenvalue weighted by Crippen LogP contribution is 2.36. The van der Waals surface area contributed by atoms with Gasteiger partial charge in [0.15, 0.2) is 11.5 Å². The Morgan fingerprint density at radius 2 is 1.61 bits per heavy atom. The van der Waals surface area contributed by atoms with Crippen molar-refractivity contribution in [3.8, 4) is 34.1 Å². The van der Waals surface area contributed by atoms with Gasteiger partial charge >= 0.3 is 0 Å². The van der Waals surface area contributed by atoms with E-state index in [1.807, 2.05) is 0 Å². The second kappa shape index (κ2) is 4.87. The largest absolute Gasteiger partial charge is 0.507 e. The van der Waals surface area contributed by atoms with Gasteiger partial charge in [-0.1, -0.05) is 6.07 Å². The van der Waals surface area contributed by atoms with Crippen LogP contribution in [0.25, 0.3) is 11.1 Å². The van der Waals surface area contributed by atoms with Crippen LogP contribution < -0.4 is 9.47 Å². The van der Waals surface area contributed by atoms with Crippen LogP contribution in [-0.2, 0) is 0 Å². The lowest BCUT2D eigenvalue weighted by Crippen LogP contribution is -1.87. The SMILES string of the molecule is COc1ccc(-c2ccc(O)c(OC)c2)c(O)c1. The summed E-state index contributed by atoms with van der Waals surface area (Å²) in [7, 11) is 3.02. The molecule has 0 aliphatic carbocycles. The highest BCUT2D eigenvalue weighted by molar-refractivity contribution is 5.73. The summed E-state index contributed by atoms with van der Waals surface area (Å²) in [4.78, 5) is 0. The standard InChI is InChI=1S/C14H14O4/c1-17-10-4-5-11(13(16)8-10)9-3-6-12(15)14(7-9)18-2/h3-8,15-16H,1-2H3. The number of phenolic OH excluding ortho intramolecular Hbond substituents is 2. The molecule has 0 aliphatic heterocycles. The first-order valence-electron chi connectivity index (χ1n) is 5.40. The molecular weight excluding hydrogens is 232 g/mol. The van der Waals surface area contributed by atoms with Crippen LogP contribution >= 0.6 is 0 Å². The van der Waals surface area contributed by atoms with Gasteiger partial charge < -0.3 is 19.7 Å². The molecule has 0 heterocycles. The number of hydrogen-bond acceptors (Lipinski definition) is 4. The maximum Gasteiger partial charge on any atom is 0.161 e. The van der Waals surface area contributed by atoms with Gasteiger partial charge in [0.25, 0.3) is 0 Å². The summed E-state index contributed by atoms with van der Waals surface area (Å²) in [5, 5.41) is 19.5. The third-order valence-corrected chi connectivity index (χ3v) is 2.70. The lowest BCUT2D eigenvalue weighted by molar-refractivity contribution is 0.373. The second-order valence-corrected chi connectivity index (χ2v) is 3.77. The van der Waals surface area contributed by atoms with Crippen LogP contribution in [0.1, 0.15) is 0 Å². The molecule has 0 spiro atoms. The summed E-state index contributed by atoms with van der Waals surface area (Å²) >= 11 is 0. The summed E-state index contributed by atoms with van der Waals surface area (Å²) in [5.74, 6) is 1.13. The van der Waals surface area contributed by atoms with Crippen LogP contribution in [0.4, 0.5) is 0 Å². The van der Waals surface area contributed by atoms with Crippen molar-refractivity contribution in [2.24, 2.45) is 0 Å². The second-order valence-electron chi connectivity index (χ2n) is 3.77. The number of benzene rings is 2. The lowest BCUT2D eigenvalue weighted by Gasteiger charge is -2.09. The van der Waals surface area contributed by atoms with Gasteiger partial charge in [0, 0.05) is 11.6 Å². The number of rotatable bonds is 3. The summed E-state index contributed by atoms with van der Waals surface area (Å²) in [5.41, 5.74) is 1.40. The fraction of sp³-hybridized carbons (Fsp3) is 0.143. The van der Waals surface area contributed by atoms with Gasteiger partial charge in [-0.3, -0.25) is 0 Å². The van der Waals surface area contributed by atoms with E-state index in [1.165, 1.54) is 26.4 Å². The number of methoxy groups -OCH3 is 2. The van der Waals surface area contributed by atoms with Crippen LogP contribution in [-0.4, -0.2) is 24.4 Å². The molecule has 94 valence electrons. The maximum absolute atomic E-state index is 9.93. The van der Waals surface area contributed by atoms with E-state index in [2.05, 4.69) is 0 Å². The fourth-order valence-corrected chi connectivity index (χ4v) is 1.73. The van der Waals surface area contributed by atoms with Gasteiger partial charge in [0.2, 0.25) is 0 Å². The first kappa shape index (κ1) is 12.1. The minimum atomic E-state index is 0.0641. The van der Waals surface area contributed by atoms with E-state index in [0.29, 0.717) is 17.1 Å². The van der Waals surface area contributed by atoms with E-state index in [9.17, 15) is 10.2 Å². The van der Waals surface area contributed by atoms with Crippen molar-refractivity contribution < 1.29 is 19.7 Å². The van der Waals surface area contributed by atoms with E-state index in [0.717, 1.165) is 5.56 Å². The zero-order valence-corrected chi connectivity index (χ0v) is 10.2. The van der Waals surface area contributed by atoms with Crippen molar-refractivity contribution >= 4 is 0 Å². The summed E-state index contributed by atoms with van der Waals surface area (Å²) in [6.07, 6.45) is 0. The summed E-state index contributed by atoms with van der Waals surface area (Å²) < 4.78 is 10.1. The van der Waals surface area contributed by atoms with E-state index in [1.54, 1.807) is 24.3 Å². The summed E-state index contributed by atoms with van der Waals surface area (Å²) in [6, 6.07) is 9.94. The number of aromatic hydroxyl groups is 2. The van der Waals surface area contributed by atoms with Crippen molar-refractivity contribution in [1.29, 1.82) is 0 Å². The maximum atomic E-state index is 9.93. The molecule has 0 unspecified atom stereocenters. The predicted octanol–water partition coefficient (Wildman–Crippen LogP) is 2.78. The van der Waals surface area contributed by atoms with Gasteiger partial charge in [-0.05, 0) is 29.8 Å². The van der Waals surface area contributed by atoms with E-state index in [-0.39, 0.29) is 11.5 Å². The topological polar surface area (TPSA) is 58.9 Å². The normalized spacial score (nSPS) is 10.1. The average Bonchev–Trinajstić information content (AvgIpc) is 2.39. The number of hydrogen-bond donors (Lipinski definition) is 2. The molecule has 0 saturated heterocycles. The molecule has 2 aromatic carbocycles. The molecule has 0 amide bonds. The monoisotopic (exact) mass is 246 g/mol. The zero-order chi connectivity index (χ0) is 13.1. The minimum absolute atomic E-state index is 0.0641. The smallest absolute Gasteiger partial charge is 0.161 e. The minimum Gasteiger partial charge on any atom is -0.507 e. The Bertz CT molecular complexity index is 564. The van der Waals surface area contributed by atoms with Crippen molar-refractivity contribution in [3.05, 3.63) is 36.4 Å². The van der Waals surface area contributed by atoms with E-state index in [4.69, 9.17) is 9.47 Å². The zero-order valence-electron chi connectivity index (χ0n) is 10.2. The highest BCUT2D eigenvalue weighted by Gasteiger charge is 2.09. The van der Waals surface area contributed by atoms with Crippen molar-refractivity contribution in [1.82, 2.24) is 0 Å². The number of phenols is 2. The molecule has 0 aromatic heterocycles. The first-order valence-corrected chi connectivity index (χ1v) is 5.40.